The Balaban J connectivity index is 2.33. The molecule has 1 aromatic rings. The van der Waals surface area contributed by atoms with Gasteiger partial charge >= 0.3 is 0 Å². The summed E-state index contributed by atoms with van der Waals surface area (Å²) in [4.78, 5) is 15.6. The zero-order valence-corrected chi connectivity index (χ0v) is 10.6. The molecule has 0 unspecified atom stereocenters. The third kappa shape index (κ3) is 2.40. The van der Waals surface area contributed by atoms with Crippen LogP contribution in [0.15, 0.2) is 34.2 Å². The van der Waals surface area contributed by atoms with Crippen LogP contribution in [0.1, 0.15) is 5.56 Å². The highest BCUT2D eigenvalue weighted by atomic mass is 127. The Labute approximate surface area is 105 Å². The Morgan fingerprint density at radius 3 is 2.73 bits per heavy atom. The van der Waals surface area contributed by atoms with Crippen LogP contribution in [-0.2, 0) is 4.79 Å². The molecule has 0 saturated heterocycles. The van der Waals surface area contributed by atoms with Crippen LogP contribution in [-0.4, -0.2) is 11.1 Å². The topological polar surface area (TPSA) is 55.4 Å². The van der Waals surface area contributed by atoms with E-state index in [0.717, 1.165) is 9.13 Å². The number of amidine groups is 1. The first-order valence-corrected chi connectivity index (χ1v) is 6.09. The zero-order valence-electron chi connectivity index (χ0n) is 7.61. The van der Waals surface area contributed by atoms with Crippen LogP contribution < -0.4 is 5.73 Å². The van der Waals surface area contributed by atoms with E-state index < -0.39 is 0 Å². The van der Waals surface area contributed by atoms with E-state index in [1.807, 2.05) is 30.3 Å². The summed E-state index contributed by atoms with van der Waals surface area (Å²) in [5.74, 6) is -0.253. The molecule has 5 heteroatoms. The molecule has 0 saturated carbocycles. The maximum absolute atomic E-state index is 11.3. The number of halogens is 1. The van der Waals surface area contributed by atoms with Crippen LogP contribution in [0.4, 0.5) is 0 Å². The van der Waals surface area contributed by atoms with Crippen molar-refractivity contribution < 1.29 is 4.79 Å². The van der Waals surface area contributed by atoms with Gasteiger partial charge < -0.3 is 5.73 Å². The third-order valence-electron chi connectivity index (χ3n) is 1.83. The molecule has 0 aliphatic carbocycles. The van der Waals surface area contributed by atoms with Gasteiger partial charge in [0.15, 0.2) is 5.17 Å². The molecule has 0 atom stereocenters. The highest BCUT2D eigenvalue weighted by Crippen LogP contribution is 2.27. The second-order valence-electron chi connectivity index (χ2n) is 2.89. The van der Waals surface area contributed by atoms with E-state index in [4.69, 9.17) is 5.73 Å². The van der Waals surface area contributed by atoms with Crippen LogP contribution in [0, 0.1) is 3.57 Å². The van der Waals surface area contributed by atoms with Crippen LogP contribution in [0.2, 0.25) is 0 Å². The molecule has 15 heavy (non-hydrogen) atoms. The van der Waals surface area contributed by atoms with Gasteiger partial charge in [-0.2, -0.15) is 4.99 Å². The minimum atomic E-state index is -0.253. The summed E-state index contributed by atoms with van der Waals surface area (Å²) in [5.41, 5.74) is 6.47. The normalized spacial score (nSPS) is 18.3. The number of thioether (sulfide) groups is 1. The molecule has 1 aliphatic rings. The molecule has 1 aromatic carbocycles. The average molecular weight is 330 g/mol. The number of aliphatic imine (C=N–C) groups is 1. The van der Waals surface area contributed by atoms with Gasteiger partial charge in [-0.25, -0.2) is 0 Å². The molecule has 0 bridgehead atoms. The van der Waals surface area contributed by atoms with Gasteiger partial charge in [0.2, 0.25) is 0 Å². The summed E-state index contributed by atoms with van der Waals surface area (Å²) in [5, 5.41) is 0.317. The molecular formula is C10H7IN2OS. The maximum atomic E-state index is 11.3. The standard InChI is InChI=1S/C10H7IN2OS/c11-7-4-2-1-3-6(7)5-8-9(14)13-10(12)15-8/h1-5H,(H2,12,13,14)/b8-5+. The lowest BCUT2D eigenvalue weighted by molar-refractivity contribution is -0.113. The summed E-state index contributed by atoms with van der Waals surface area (Å²) < 4.78 is 1.10. The number of carbonyl (C=O) groups excluding carboxylic acids is 1. The smallest absolute Gasteiger partial charge is 0.286 e. The molecule has 2 N–H and O–H groups in total. The fourth-order valence-corrected chi connectivity index (χ4v) is 2.37. The first-order chi connectivity index (χ1) is 7.16. The van der Waals surface area contributed by atoms with Gasteiger partial charge in [-0.05, 0) is 52.1 Å². The van der Waals surface area contributed by atoms with Crippen molar-refractivity contribution in [3.63, 3.8) is 0 Å². The minimum Gasteiger partial charge on any atom is -0.378 e. The van der Waals surface area contributed by atoms with Crippen molar-refractivity contribution >= 4 is 51.5 Å². The summed E-state index contributed by atoms with van der Waals surface area (Å²) in [6.45, 7) is 0. The molecule has 0 aromatic heterocycles. The van der Waals surface area contributed by atoms with Crippen LogP contribution in [0.3, 0.4) is 0 Å². The van der Waals surface area contributed by atoms with Crippen molar-refractivity contribution in [3.05, 3.63) is 38.3 Å². The highest BCUT2D eigenvalue weighted by Gasteiger charge is 2.19. The van der Waals surface area contributed by atoms with E-state index in [2.05, 4.69) is 27.6 Å². The number of amides is 1. The first kappa shape index (κ1) is 10.7. The van der Waals surface area contributed by atoms with Crippen molar-refractivity contribution in [2.45, 2.75) is 0 Å². The molecule has 3 nitrogen and oxygen atoms in total. The number of nitrogens with zero attached hydrogens (tertiary/aromatic N) is 1. The third-order valence-corrected chi connectivity index (χ3v) is 3.62. The Hall–Kier alpha value is -0.820. The SMILES string of the molecule is NC1=NC(=O)/C(=C\c2ccccc2I)S1. The van der Waals surface area contributed by atoms with E-state index in [-0.39, 0.29) is 5.91 Å². The van der Waals surface area contributed by atoms with E-state index in [0.29, 0.717) is 10.1 Å². The average Bonchev–Trinajstić information content (AvgIpc) is 2.49. The van der Waals surface area contributed by atoms with Gasteiger partial charge in [0, 0.05) is 3.57 Å². The molecule has 1 heterocycles. The lowest BCUT2D eigenvalue weighted by atomic mass is 10.2. The van der Waals surface area contributed by atoms with E-state index in [1.54, 1.807) is 0 Å². The lowest BCUT2D eigenvalue weighted by Crippen LogP contribution is -2.01. The van der Waals surface area contributed by atoms with E-state index in [1.165, 1.54) is 11.8 Å². The van der Waals surface area contributed by atoms with Crippen LogP contribution in [0.5, 0.6) is 0 Å². The van der Waals surface area contributed by atoms with Crippen molar-refractivity contribution in [2.24, 2.45) is 10.7 Å². The summed E-state index contributed by atoms with van der Waals surface area (Å²) in [6.07, 6.45) is 1.82. The summed E-state index contributed by atoms with van der Waals surface area (Å²) in [7, 11) is 0. The number of benzene rings is 1. The number of carbonyl (C=O) groups is 1. The van der Waals surface area contributed by atoms with Gasteiger partial charge in [0.05, 0.1) is 4.91 Å². The highest BCUT2D eigenvalue weighted by molar-refractivity contribution is 14.1. The predicted octanol–water partition coefficient (Wildman–Crippen LogP) is 2.22. The van der Waals surface area contributed by atoms with Gasteiger partial charge in [-0.3, -0.25) is 4.79 Å². The second kappa shape index (κ2) is 4.36. The second-order valence-corrected chi connectivity index (χ2v) is 5.11. The fourth-order valence-electron chi connectivity index (χ4n) is 1.16. The van der Waals surface area contributed by atoms with Gasteiger partial charge in [0.25, 0.3) is 5.91 Å². The maximum Gasteiger partial charge on any atom is 0.286 e. The summed E-state index contributed by atoms with van der Waals surface area (Å²) in [6, 6.07) is 7.83. The van der Waals surface area contributed by atoms with Crippen molar-refractivity contribution in [3.8, 4) is 0 Å². The van der Waals surface area contributed by atoms with E-state index in [9.17, 15) is 4.79 Å². The monoisotopic (exact) mass is 330 g/mol. The van der Waals surface area contributed by atoms with Crippen molar-refractivity contribution in [2.75, 3.05) is 0 Å². The molecule has 1 amide bonds. The Morgan fingerprint density at radius 1 is 1.40 bits per heavy atom. The van der Waals surface area contributed by atoms with Gasteiger partial charge in [-0.1, -0.05) is 18.2 Å². The first-order valence-electron chi connectivity index (χ1n) is 4.19. The molecule has 1 aliphatic heterocycles. The number of rotatable bonds is 1. The predicted molar refractivity (Wildman–Crippen MR) is 71.4 cm³/mol. The number of nitrogens with two attached hydrogens (primary N) is 1. The van der Waals surface area contributed by atoms with Crippen LogP contribution >= 0.6 is 34.4 Å². The minimum absolute atomic E-state index is 0.253. The molecule has 0 fully saturated rings. The number of hydrogen-bond acceptors (Lipinski definition) is 3. The van der Waals surface area contributed by atoms with Gasteiger partial charge in [0.1, 0.15) is 0 Å². The zero-order chi connectivity index (χ0) is 10.8. The summed E-state index contributed by atoms with van der Waals surface area (Å²) >= 11 is 3.44. The van der Waals surface area contributed by atoms with Crippen molar-refractivity contribution in [1.82, 2.24) is 0 Å². The Morgan fingerprint density at radius 2 is 2.13 bits per heavy atom. The van der Waals surface area contributed by atoms with Crippen LogP contribution in [0.25, 0.3) is 6.08 Å². The molecular weight excluding hydrogens is 323 g/mol. The van der Waals surface area contributed by atoms with Crippen molar-refractivity contribution in [1.29, 1.82) is 0 Å². The largest absolute Gasteiger partial charge is 0.378 e. The van der Waals surface area contributed by atoms with Gasteiger partial charge in [-0.15, -0.1) is 0 Å². The molecule has 2 rings (SSSR count). The molecule has 0 spiro atoms. The fraction of sp³-hybridized carbons (Fsp3) is 0. The number of hydrogen-bond donors (Lipinski definition) is 1. The Bertz CT molecular complexity index is 482. The van der Waals surface area contributed by atoms with E-state index >= 15 is 0 Å². The quantitative estimate of drug-likeness (QED) is 0.635. The molecule has 0 radical (unpaired) electrons. The molecule has 76 valence electrons. The lowest BCUT2D eigenvalue weighted by Gasteiger charge is -1.98. The Kier molecular flexibility index (Phi) is 3.11.